The lowest BCUT2D eigenvalue weighted by Crippen LogP contribution is -2.01. The molecule has 4 rings (SSSR count). The van der Waals surface area contributed by atoms with Gasteiger partial charge in [0.25, 0.3) is 0 Å². The van der Waals surface area contributed by atoms with Crippen LogP contribution in [0.3, 0.4) is 0 Å². The Balaban J connectivity index is 1.47. The smallest absolute Gasteiger partial charge is 0.193 e. The number of benzene rings is 4. The molecule has 0 aliphatic carbocycles. The van der Waals surface area contributed by atoms with Gasteiger partial charge < -0.3 is 9.47 Å². The van der Waals surface area contributed by atoms with Gasteiger partial charge in [0.2, 0.25) is 0 Å². The minimum absolute atomic E-state index is 0.0396. The lowest BCUT2D eigenvalue weighted by atomic mass is 10.0. The molecular formula is C29H26O3. The predicted molar refractivity (Wildman–Crippen MR) is 128 cm³/mol. The standard InChI is InChI=1S/C29H26O3/c1-19-7-5-8-20(2)28(19)31-25-15-11-23(12-16-25)27(30)24-13-17-26(18-14-24)32-29-21(3)9-6-10-22(29)4/h5-18H,1-4H3. The largest absolute Gasteiger partial charge is 0.457 e. The summed E-state index contributed by atoms with van der Waals surface area (Å²) in [5, 5.41) is 0. The van der Waals surface area contributed by atoms with E-state index < -0.39 is 0 Å². The van der Waals surface area contributed by atoms with Crippen molar-refractivity contribution in [3.05, 3.63) is 118 Å². The number of hydrogen-bond acceptors (Lipinski definition) is 3. The molecule has 4 aromatic rings. The lowest BCUT2D eigenvalue weighted by molar-refractivity contribution is 0.103. The molecule has 0 saturated carbocycles. The molecule has 0 heterocycles. The van der Waals surface area contributed by atoms with Crippen LogP contribution < -0.4 is 9.47 Å². The van der Waals surface area contributed by atoms with Crippen molar-refractivity contribution in [3.8, 4) is 23.0 Å². The summed E-state index contributed by atoms with van der Waals surface area (Å²) in [6.07, 6.45) is 0. The molecule has 160 valence electrons. The van der Waals surface area contributed by atoms with Crippen LogP contribution in [0.5, 0.6) is 23.0 Å². The summed E-state index contributed by atoms with van der Waals surface area (Å²) in [6.45, 7) is 8.09. The van der Waals surface area contributed by atoms with E-state index in [9.17, 15) is 4.79 Å². The fraction of sp³-hybridized carbons (Fsp3) is 0.138. The Kier molecular flexibility index (Phi) is 6.09. The molecule has 0 N–H and O–H groups in total. The maximum Gasteiger partial charge on any atom is 0.193 e. The minimum atomic E-state index is -0.0396. The van der Waals surface area contributed by atoms with Crippen LogP contribution in [-0.2, 0) is 0 Å². The zero-order chi connectivity index (χ0) is 22.7. The molecule has 0 unspecified atom stereocenters. The summed E-state index contributed by atoms with van der Waals surface area (Å²) in [5.41, 5.74) is 5.54. The first-order valence-electron chi connectivity index (χ1n) is 10.7. The molecular weight excluding hydrogens is 396 g/mol. The normalized spacial score (nSPS) is 10.6. The van der Waals surface area contributed by atoms with E-state index in [-0.39, 0.29) is 5.78 Å². The number of aryl methyl sites for hydroxylation is 4. The lowest BCUT2D eigenvalue weighted by Gasteiger charge is -2.12. The van der Waals surface area contributed by atoms with Gasteiger partial charge in [0.15, 0.2) is 5.78 Å². The fourth-order valence-electron chi connectivity index (χ4n) is 3.67. The van der Waals surface area contributed by atoms with Crippen LogP contribution in [0.1, 0.15) is 38.2 Å². The van der Waals surface area contributed by atoms with Crippen LogP contribution in [0.25, 0.3) is 0 Å². The summed E-state index contributed by atoms with van der Waals surface area (Å²) in [5.74, 6) is 3.08. The quantitative estimate of drug-likeness (QED) is 0.298. The van der Waals surface area contributed by atoms with Crippen LogP contribution in [0.15, 0.2) is 84.9 Å². The van der Waals surface area contributed by atoms with Gasteiger partial charge in [0, 0.05) is 11.1 Å². The van der Waals surface area contributed by atoms with E-state index in [0.29, 0.717) is 22.6 Å². The SMILES string of the molecule is Cc1cccc(C)c1Oc1ccc(C(=O)c2ccc(Oc3c(C)cccc3C)cc2)cc1. The number of carbonyl (C=O) groups excluding carboxylic acids is 1. The van der Waals surface area contributed by atoms with Gasteiger partial charge in [-0.15, -0.1) is 0 Å². The van der Waals surface area contributed by atoms with Crippen LogP contribution >= 0.6 is 0 Å². The Bertz CT molecular complexity index is 1110. The van der Waals surface area contributed by atoms with Crippen molar-refractivity contribution in [1.29, 1.82) is 0 Å². The Morgan fingerprint density at radius 1 is 0.500 bits per heavy atom. The maximum absolute atomic E-state index is 12.9. The number of ether oxygens (including phenoxy) is 2. The third kappa shape index (κ3) is 4.57. The van der Waals surface area contributed by atoms with Crippen LogP contribution in [0.2, 0.25) is 0 Å². The van der Waals surface area contributed by atoms with Gasteiger partial charge in [0.1, 0.15) is 23.0 Å². The fourth-order valence-corrected chi connectivity index (χ4v) is 3.67. The molecule has 0 radical (unpaired) electrons. The summed E-state index contributed by atoms with van der Waals surface area (Å²) < 4.78 is 12.1. The Labute approximate surface area is 189 Å². The molecule has 0 amide bonds. The molecule has 32 heavy (non-hydrogen) atoms. The van der Waals surface area contributed by atoms with E-state index in [0.717, 1.165) is 33.8 Å². The molecule has 0 aliphatic rings. The molecule has 0 aromatic heterocycles. The summed E-state index contributed by atoms with van der Waals surface area (Å²) in [7, 11) is 0. The summed E-state index contributed by atoms with van der Waals surface area (Å²) in [6, 6.07) is 26.6. The highest BCUT2D eigenvalue weighted by molar-refractivity contribution is 6.09. The van der Waals surface area contributed by atoms with Gasteiger partial charge in [-0.3, -0.25) is 4.79 Å². The van der Waals surface area contributed by atoms with Crippen molar-refractivity contribution >= 4 is 5.78 Å². The average Bonchev–Trinajstić information content (AvgIpc) is 2.79. The van der Waals surface area contributed by atoms with Crippen molar-refractivity contribution in [2.75, 3.05) is 0 Å². The van der Waals surface area contributed by atoms with Crippen molar-refractivity contribution in [3.63, 3.8) is 0 Å². The molecule has 0 fully saturated rings. The molecule has 0 aliphatic heterocycles. The zero-order valence-corrected chi connectivity index (χ0v) is 18.8. The van der Waals surface area contributed by atoms with E-state index in [4.69, 9.17) is 9.47 Å². The van der Waals surface area contributed by atoms with Crippen LogP contribution in [0, 0.1) is 27.7 Å². The van der Waals surface area contributed by atoms with E-state index in [1.54, 1.807) is 24.3 Å². The van der Waals surface area contributed by atoms with Crippen molar-refractivity contribution in [1.82, 2.24) is 0 Å². The third-order valence-electron chi connectivity index (χ3n) is 5.49. The third-order valence-corrected chi connectivity index (χ3v) is 5.49. The van der Waals surface area contributed by atoms with Crippen molar-refractivity contribution in [2.24, 2.45) is 0 Å². The van der Waals surface area contributed by atoms with Crippen LogP contribution in [0.4, 0.5) is 0 Å². The topological polar surface area (TPSA) is 35.5 Å². The van der Waals surface area contributed by atoms with E-state index in [1.165, 1.54) is 0 Å². The Morgan fingerprint density at radius 3 is 1.12 bits per heavy atom. The molecule has 3 nitrogen and oxygen atoms in total. The first-order chi connectivity index (χ1) is 15.4. The number of ketones is 1. The predicted octanol–water partition coefficient (Wildman–Crippen LogP) is 7.74. The van der Waals surface area contributed by atoms with E-state index in [2.05, 4.69) is 0 Å². The Hall–Kier alpha value is -3.85. The monoisotopic (exact) mass is 422 g/mol. The van der Waals surface area contributed by atoms with Crippen LogP contribution in [-0.4, -0.2) is 5.78 Å². The van der Waals surface area contributed by atoms with E-state index >= 15 is 0 Å². The number of rotatable bonds is 6. The van der Waals surface area contributed by atoms with Gasteiger partial charge in [0.05, 0.1) is 0 Å². The Morgan fingerprint density at radius 2 is 0.812 bits per heavy atom. The van der Waals surface area contributed by atoms with Gasteiger partial charge in [-0.25, -0.2) is 0 Å². The van der Waals surface area contributed by atoms with Gasteiger partial charge >= 0.3 is 0 Å². The van der Waals surface area contributed by atoms with Crippen molar-refractivity contribution in [2.45, 2.75) is 27.7 Å². The number of carbonyl (C=O) groups is 1. The molecule has 0 saturated heterocycles. The second kappa shape index (κ2) is 9.11. The highest BCUT2D eigenvalue weighted by atomic mass is 16.5. The number of para-hydroxylation sites is 2. The highest BCUT2D eigenvalue weighted by Crippen LogP contribution is 2.30. The first kappa shape index (κ1) is 21.4. The minimum Gasteiger partial charge on any atom is -0.457 e. The van der Waals surface area contributed by atoms with Gasteiger partial charge in [-0.2, -0.15) is 0 Å². The van der Waals surface area contributed by atoms with Crippen molar-refractivity contribution < 1.29 is 14.3 Å². The highest BCUT2D eigenvalue weighted by Gasteiger charge is 2.12. The second-order valence-corrected chi connectivity index (χ2v) is 8.02. The summed E-state index contributed by atoms with van der Waals surface area (Å²) >= 11 is 0. The zero-order valence-electron chi connectivity index (χ0n) is 18.8. The average molecular weight is 423 g/mol. The maximum atomic E-state index is 12.9. The molecule has 0 bridgehead atoms. The molecule has 3 heteroatoms. The first-order valence-corrected chi connectivity index (χ1v) is 10.7. The molecule has 0 spiro atoms. The van der Waals surface area contributed by atoms with E-state index in [1.807, 2.05) is 88.4 Å². The molecule has 0 atom stereocenters. The van der Waals surface area contributed by atoms with Gasteiger partial charge in [-0.05, 0) is 98.5 Å². The second-order valence-electron chi connectivity index (χ2n) is 8.02. The number of hydrogen-bond donors (Lipinski definition) is 0. The van der Waals surface area contributed by atoms with Gasteiger partial charge in [-0.1, -0.05) is 36.4 Å². The summed E-state index contributed by atoms with van der Waals surface area (Å²) in [4.78, 5) is 12.9. The molecule has 4 aromatic carbocycles.